The molecule has 0 aliphatic heterocycles. The van der Waals surface area contributed by atoms with Crippen LogP contribution in [0.5, 0.6) is 0 Å². The number of aliphatic carboxylic acids is 1. The van der Waals surface area contributed by atoms with Gasteiger partial charge >= 0.3 is 5.97 Å². The number of nitrogens with one attached hydrogen (secondary N) is 1. The second kappa shape index (κ2) is 6.96. The Morgan fingerprint density at radius 1 is 1.38 bits per heavy atom. The van der Waals surface area contributed by atoms with E-state index in [0.29, 0.717) is 29.7 Å². The number of rotatable bonds is 8. The molecule has 114 valence electrons. The maximum absolute atomic E-state index is 10.7. The minimum absolute atomic E-state index is 0.220. The number of fused-ring (bicyclic) bond motifs is 1. The van der Waals surface area contributed by atoms with Gasteiger partial charge in [-0.1, -0.05) is 13.8 Å². The number of anilines is 1. The Hall–Kier alpha value is -2.25. The molecular weight excluding hydrogens is 272 g/mol. The average Bonchev–Trinajstić information content (AvgIpc) is 2.89. The number of carboxylic acids is 1. The first-order valence-corrected chi connectivity index (χ1v) is 7.07. The summed E-state index contributed by atoms with van der Waals surface area (Å²) >= 11 is 0. The summed E-state index contributed by atoms with van der Waals surface area (Å²) in [5, 5.41) is 27.3. The van der Waals surface area contributed by atoms with E-state index in [9.17, 15) is 4.79 Å². The summed E-state index contributed by atoms with van der Waals surface area (Å²) in [6.45, 7) is 4.99. The van der Waals surface area contributed by atoms with Gasteiger partial charge in [0, 0.05) is 13.0 Å². The summed E-state index contributed by atoms with van der Waals surface area (Å²) in [5.41, 5.74) is 0.599. The minimum atomic E-state index is -0.737. The third kappa shape index (κ3) is 4.37. The molecule has 0 bridgehead atoms. The number of hydrogen-bond acceptors (Lipinski definition) is 6. The molecule has 2 aromatic heterocycles. The molecule has 8 heteroatoms. The van der Waals surface area contributed by atoms with Gasteiger partial charge in [0.1, 0.15) is 5.82 Å². The first kappa shape index (κ1) is 15.1. The van der Waals surface area contributed by atoms with Gasteiger partial charge in [-0.25, -0.2) is 0 Å². The van der Waals surface area contributed by atoms with Crippen molar-refractivity contribution in [1.82, 2.24) is 25.3 Å². The summed E-state index contributed by atoms with van der Waals surface area (Å²) in [7, 11) is 0. The molecule has 0 fully saturated rings. The van der Waals surface area contributed by atoms with E-state index in [4.69, 9.17) is 5.11 Å². The van der Waals surface area contributed by atoms with Crippen LogP contribution in [0.2, 0.25) is 0 Å². The Balaban J connectivity index is 1.84. The zero-order valence-corrected chi connectivity index (χ0v) is 12.2. The molecule has 2 rings (SSSR count). The summed E-state index contributed by atoms with van der Waals surface area (Å²) in [5.74, 6) is 0.807. The van der Waals surface area contributed by atoms with Gasteiger partial charge in [0.05, 0.1) is 0 Å². The number of carbonyl (C=O) groups is 1. The average molecular weight is 292 g/mol. The van der Waals surface area contributed by atoms with Gasteiger partial charge in [0.15, 0.2) is 5.65 Å². The van der Waals surface area contributed by atoms with Crippen LogP contribution in [0.1, 0.15) is 33.1 Å². The van der Waals surface area contributed by atoms with Crippen molar-refractivity contribution in [2.24, 2.45) is 11.8 Å². The minimum Gasteiger partial charge on any atom is -0.481 e. The van der Waals surface area contributed by atoms with E-state index in [1.807, 2.05) is 6.07 Å². The lowest BCUT2D eigenvalue weighted by Crippen LogP contribution is -2.16. The van der Waals surface area contributed by atoms with Crippen molar-refractivity contribution in [2.75, 3.05) is 11.9 Å². The Kier molecular flexibility index (Phi) is 5.02. The van der Waals surface area contributed by atoms with Crippen LogP contribution in [0.25, 0.3) is 5.65 Å². The molecule has 0 aliphatic rings. The standard InChI is InChI=1S/C13H20N6O2/c1-9(2)10(3-6-13(20)21)7-8-14-11-4-5-12-15-17-18-19(12)16-11/h4-5,9-10H,3,6-8H2,1-2H3,(H,14,16)(H,20,21). The van der Waals surface area contributed by atoms with Gasteiger partial charge in [-0.05, 0) is 47.2 Å². The highest BCUT2D eigenvalue weighted by molar-refractivity contribution is 5.66. The third-order valence-corrected chi connectivity index (χ3v) is 3.56. The topological polar surface area (TPSA) is 105 Å². The van der Waals surface area contributed by atoms with E-state index in [1.54, 1.807) is 6.07 Å². The number of nitrogens with zero attached hydrogens (tertiary/aromatic N) is 5. The predicted molar refractivity (Wildman–Crippen MR) is 76.9 cm³/mol. The van der Waals surface area contributed by atoms with Gasteiger partial charge in [0.25, 0.3) is 0 Å². The fourth-order valence-electron chi connectivity index (χ4n) is 2.25. The monoisotopic (exact) mass is 292 g/mol. The van der Waals surface area contributed by atoms with Crippen LogP contribution in [0.4, 0.5) is 5.82 Å². The van der Waals surface area contributed by atoms with Crippen LogP contribution in [0, 0.1) is 11.8 Å². The van der Waals surface area contributed by atoms with Crippen molar-refractivity contribution in [3.8, 4) is 0 Å². The summed E-state index contributed by atoms with van der Waals surface area (Å²) in [6.07, 6.45) is 1.83. The second-order valence-electron chi connectivity index (χ2n) is 5.40. The normalized spacial score (nSPS) is 12.7. The first-order chi connectivity index (χ1) is 10.1. The van der Waals surface area contributed by atoms with E-state index in [2.05, 4.69) is 39.8 Å². The first-order valence-electron chi connectivity index (χ1n) is 7.07. The highest BCUT2D eigenvalue weighted by atomic mass is 16.4. The molecule has 0 saturated heterocycles. The van der Waals surface area contributed by atoms with Gasteiger partial charge in [0.2, 0.25) is 0 Å². The molecule has 8 nitrogen and oxygen atoms in total. The molecule has 0 aliphatic carbocycles. The number of carboxylic acid groups (broad SMARTS) is 1. The maximum Gasteiger partial charge on any atom is 0.303 e. The highest BCUT2D eigenvalue weighted by Crippen LogP contribution is 2.21. The van der Waals surface area contributed by atoms with E-state index in [-0.39, 0.29) is 6.42 Å². The second-order valence-corrected chi connectivity index (χ2v) is 5.40. The molecule has 2 N–H and O–H groups in total. The van der Waals surface area contributed by atoms with Crippen molar-refractivity contribution in [1.29, 1.82) is 0 Å². The molecule has 2 aromatic rings. The quantitative estimate of drug-likeness (QED) is 0.758. The van der Waals surface area contributed by atoms with Crippen molar-refractivity contribution in [2.45, 2.75) is 33.1 Å². The lowest BCUT2D eigenvalue weighted by Gasteiger charge is -2.20. The van der Waals surface area contributed by atoms with Gasteiger partial charge in [-0.2, -0.15) is 0 Å². The van der Waals surface area contributed by atoms with Gasteiger partial charge in [-0.3, -0.25) is 4.79 Å². The molecule has 21 heavy (non-hydrogen) atoms. The lowest BCUT2D eigenvalue weighted by atomic mass is 9.88. The molecular formula is C13H20N6O2. The lowest BCUT2D eigenvalue weighted by molar-refractivity contribution is -0.137. The Bertz CT molecular complexity index is 597. The summed E-state index contributed by atoms with van der Waals surface area (Å²) < 4.78 is 1.37. The molecule has 0 spiro atoms. The van der Waals surface area contributed by atoms with E-state index < -0.39 is 5.97 Å². The Morgan fingerprint density at radius 3 is 2.90 bits per heavy atom. The zero-order chi connectivity index (χ0) is 15.2. The number of hydrogen-bond donors (Lipinski definition) is 2. The number of aromatic nitrogens is 5. The van der Waals surface area contributed by atoms with Crippen molar-refractivity contribution >= 4 is 17.4 Å². The fraction of sp³-hybridized carbons (Fsp3) is 0.615. The predicted octanol–water partition coefficient (Wildman–Crippen LogP) is 1.46. The van der Waals surface area contributed by atoms with Crippen molar-refractivity contribution < 1.29 is 9.90 Å². The Morgan fingerprint density at radius 2 is 2.19 bits per heavy atom. The highest BCUT2D eigenvalue weighted by Gasteiger charge is 2.14. The molecule has 2 heterocycles. The van der Waals surface area contributed by atoms with Gasteiger partial charge < -0.3 is 10.4 Å². The fourth-order valence-corrected chi connectivity index (χ4v) is 2.25. The van der Waals surface area contributed by atoms with Crippen LogP contribution in [0.15, 0.2) is 12.1 Å². The molecule has 1 unspecified atom stereocenters. The van der Waals surface area contributed by atoms with Crippen LogP contribution >= 0.6 is 0 Å². The third-order valence-electron chi connectivity index (χ3n) is 3.56. The molecule has 0 amide bonds. The van der Waals surface area contributed by atoms with Crippen LogP contribution in [-0.2, 0) is 4.79 Å². The van der Waals surface area contributed by atoms with E-state index >= 15 is 0 Å². The van der Waals surface area contributed by atoms with E-state index in [1.165, 1.54) is 4.63 Å². The SMILES string of the molecule is CC(C)C(CCNc1ccc2nnnn2n1)CCC(=O)O. The van der Waals surface area contributed by atoms with E-state index in [0.717, 1.165) is 13.0 Å². The van der Waals surface area contributed by atoms with Gasteiger partial charge in [-0.15, -0.1) is 14.8 Å². The molecule has 0 aromatic carbocycles. The van der Waals surface area contributed by atoms with Crippen molar-refractivity contribution in [3.05, 3.63) is 12.1 Å². The Labute approximate surface area is 122 Å². The van der Waals surface area contributed by atoms with Crippen molar-refractivity contribution in [3.63, 3.8) is 0 Å². The smallest absolute Gasteiger partial charge is 0.303 e. The molecule has 0 saturated carbocycles. The van der Waals surface area contributed by atoms with Crippen LogP contribution in [0.3, 0.4) is 0 Å². The maximum atomic E-state index is 10.7. The number of tetrazole rings is 1. The summed E-state index contributed by atoms with van der Waals surface area (Å²) in [4.78, 5) is 10.7. The summed E-state index contributed by atoms with van der Waals surface area (Å²) in [6, 6.07) is 3.62. The zero-order valence-electron chi connectivity index (χ0n) is 12.2. The van der Waals surface area contributed by atoms with Crippen LogP contribution in [-0.4, -0.2) is 42.9 Å². The molecule has 0 radical (unpaired) electrons. The van der Waals surface area contributed by atoms with Crippen LogP contribution < -0.4 is 5.32 Å². The molecule has 1 atom stereocenters. The largest absolute Gasteiger partial charge is 0.481 e.